The van der Waals surface area contributed by atoms with Gasteiger partial charge in [-0.15, -0.1) is 0 Å². The van der Waals surface area contributed by atoms with Gasteiger partial charge in [0.15, 0.2) is 5.69 Å². The second-order valence-corrected chi connectivity index (χ2v) is 3.41. The van der Waals surface area contributed by atoms with E-state index in [1.54, 1.807) is 0 Å². The monoisotopic (exact) mass is 289 g/mol. The normalized spacial score (nSPS) is 11.8. The summed E-state index contributed by atoms with van der Waals surface area (Å²) in [6.45, 7) is 0. The number of nitrogens with zero attached hydrogens (tertiary/aromatic N) is 1. The van der Waals surface area contributed by atoms with E-state index in [4.69, 9.17) is 11.6 Å². The molecule has 0 aliphatic heterocycles. The number of ether oxygens (including phenoxy) is 1. The van der Waals surface area contributed by atoms with Crippen LogP contribution in [-0.4, -0.2) is 18.1 Å². The molecule has 0 atom stereocenters. The summed E-state index contributed by atoms with van der Waals surface area (Å²) >= 11 is 5.21. The average Bonchev–Trinajstić information content (AvgIpc) is 2.26. The highest BCUT2D eigenvalue weighted by atomic mass is 35.5. The van der Waals surface area contributed by atoms with Gasteiger partial charge in [-0.1, -0.05) is 11.6 Å². The van der Waals surface area contributed by atoms with Crippen molar-refractivity contribution in [1.82, 2.24) is 4.98 Å². The van der Waals surface area contributed by atoms with Crippen LogP contribution in [0, 0.1) is 0 Å². The first-order valence-corrected chi connectivity index (χ1v) is 4.70. The van der Waals surface area contributed by atoms with E-state index in [0.29, 0.717) is 6.07 Å². The summed E-state index contributed by atoms with van der Waals surface area (Å²) in [5, 5.41) is -1.01. The molecule has 9 heteroatoms. The van der Waals surface area contributed by atoms with Gasteiger partial charge in [0, 0.05) is 0 Å². The van der Waals surface area contributed by atoms with Crippen LogP contribution in [0.15, 0.2) is 6.07 Å². The lowest BCUT2D eigenvalue weighted by Gasteiger charge is -2.13. The molecule has 0 radical (unpaired) electrons. The molecule has 1 aromatic heterocycles. The van der Waals surface area contributed by atoms with Gasteiger partial charge in [0.1, 0.15) is 5.15 Å². The number of hydrogen-bond acceptors (Lipinski definition) is 3. The van der Waals surface area contributed by atoms with E-state index in [2.05, 4.69) is 9.72 Å². The third-order valence-corrected chi connectivity index (χ3v) is 2.21. The first-order chi connectivity index (χ1) is 8.18. The van der Waals surface area contributed by atoms with Crippen LogP contribution < -0.4 is 0 Å². The van der Waals surface area contributed by atoms with Crippen molar-refractivity contribution in [2.45, 2.75) is 12.6 Å². The maximum atomic E-state index is 12.5. The van der Waals surface area contributed by atoms with E-state index in [-0.39, 0.29) is 0 Å². The van der Waals surface area contributed by atoms with Crippen molar-refractivity contribution in [1.29, 1.82) is 0 Å². The zero-order valence-electron chi connectivity index (χ0n) is 8.69. The number of halogens is 6. The summed E-state index contributed by atoms with van der Waals surface area (Å²) in [5.74, 6) is -1.42. The van der Waals surface area contributed by atoms with Gasteiger partial charge in [-0.2, -0.15) is 13.2 Å². The van der Waals surface area contributed by atoms with Crippen molar-refractivity contribution in [3.63, 3.8) is 0 Å². The molecule has 0 fully saturated rings. The highest BCUT2D eigenvalue weighted by Gasteiger charge is 2.39. The van der Waals surface area contributed by atoms with Gasteiger partial charge in [-0.3, -0.25) is 0 Å². The smallest absolute Gasteiger partial charge is 0.434 e. The summed E-state index contributed by atoms with van der Waals surface area (Å²) in [4.78, 5) is 13.9. The van der Waals surface area contributed by atoms with Crippen molar-refractivity contribution in [3.05, 3.63) is 28.0 Å². The van der Waals surface area contributed by atoms with Crippen LogP contribution in [0.5, 0.6) is 0 Å². The Morgan fingerprint density at radius 3 is 2.39 bits per heavy atom. The number of aromatic nitrogens is 1. The molecule has 0 amide bonds. The van der Waals surface area contributed by atoms with E-state index in [1.807, 2.05) is 0 Å². The van der Waals surface area contributed by atoms with Crippen LogP contribution in [0.2, 0.25) is 5.15 Å². The molecule has 3 nitrogen and oxygen atoms in total. The average molecular weight is 290 g/mol. The highest BCUT2D eigenvalue weighted by Crippen LogP contribution is 2.35. The minimum atomic E-state index is -5.01. The number of methoxy groups -OCH3 is 1. The zero-order chi connectivity index (χ0) is 14.1. The quantitative estimate of drug-likeness (QED) is 0.475. The maximum absolute atomic E-state index is 12.5. The number of hydrogen-bond donors (Lipinski definition) is 0. The van der Waals surface area contributed by atoms with Gasteiger partial charge in [0.05, 0.1) is 18.2 Å². The Hall–Kier alpha value is -1.44. The summed E-state index contributed by atoms with van der Waals surface area (Å²) in [6, 6.07) is 0.328. The van der Waals surface area contributed by atoms with Crippen LogP contribution in [0.3, 0.4) is 0 Å². The number of esters is 1. The lowest BCUT2D eigenvalue weighted by atomic mass is 10.1. The SMILES string of the molecule is COC(=O)c1cc(C(F)F)c(Cl)nc1C(F)(F)F. The van der Waals surface area contributed by atoms with Crippen LogP contribution in [0.4, 0.5) is 22.0 Å². The van der Waals surface area contributed by atoms with Gasteiger partial charge in [0.25, 0.3) is 6.43 Å². The Bertz CT molecular complexity index is 475. The molecule has 0 unspecified atom stereocenters. The van der Waals surface area contributed by atoms with E-state index >= 15 is 0 Å². The molecular weight excluding hydrogens is 285 g/mol. The predicted molar refractivity (Wildman–Crippen MR) is 50.5 cm³/mol. The molecule has 0 bridgehead atoms. The lowest BCUT2D eigenvalue weighted by molar-refractivity contribution is -0.141. The Balaban J connectivity index is 3.52. The standard InChI is InChI=1S/C9H5ClF5NO2/c1-18-8(17)3-2-4(7(11)12)6(10)16-5(3)9(13,14)15/h2,7H,1H3. The Labute approximate surface area is 103 Å². The summed E-state index contributed by atoms with van der Waals surface area (Å²) in [6.07, 6.45) is -8.16. The number of carbonyl (C=O) groups is 1. The molecule has 18 heavy (non-hydrogen) atoms. The Kier molecular flexibility index (Phi) is 4.10. The molecule has 0 aliphatic carbocycles. The minimum absolute atomic E-state index is 0.328. The number of rotatable bonds is 2. The number of pyridine rings is 1. The van der Waals surface area contributed by atoms with Crippen molar-refractivity contribution in [3.8, 4) is 0 Å². The third-order valence-electron chi connectivity index (χ3n) is 1.91. The van der Waals surface area contributed by atoms with Crippen LogP contribution in [-0.2, 0) is 10.9 Å². The first kappa shape index (κ1) is 14.6. The second-order valence-electron chi connectivity index (χ2n) is 3.05. The minimum Gasteiger partial charge on any atom is -0.465 e. The van der Waals surface area contributed by atoms with E-state index in [1.165, 1.54) is 0 Å². The molecule has 0 aliphatic rings. The predicted octanol–water partition coefficient (Wildman–Crippen LogP) is 3.48. The molecule has 1 rings (SSSR count). The largest absolute Gasteiger partial charge is 0.465 e. The number of alkyl halides is 5. The zero-order valence-corrected chi connectivity index (χ0v) is 9.44. The van der Waals surface area contributed by atoms with Gasteiger partial charge >= 0.3 is 12.1 Å². The molecule has 0 aromatic carbocycles. The molecule has 0 spiro atoms. The van der Waals surface area contributed by atoms with Crippen LogP contribution >= 0.6 is 11.6 Å². The van der Waals surface area contributed by atoms with E-state index in [9.17, 15) is 26.7 Å². The van der Waals surface area contributed by atoms with Gasteiger partial charge in [0.2, 0.25) is 0 Å². The van der Waals surface area contributed by atoms with E-state index in [0.717, 1.165) is 7.11 Å². The van der Waals surface area contributed by atoms with Crippen molar-refractivity contribution in [2.75, 3.05) is 7.11 Å². The van der Waals surface area contributed by atoms with Crippen molar-refractivity contribution in [2.24, 2.45) is 0 Å². The summed E-state index contributed by atoms with van der Waals surface area (Å²) in [7, 11) is 0.819. The van der Waals surface area contributed by atoms with Crippen molar-refractivity contribution >= 4 is 17.6 Å². The van der Waals surface area contributed by atoms with Gasteiger partial charge in [-0.25, -0.2) is 18.6 Å². The Morgan fingerprint density at radius 1 is 1.44 bits per heavy atom. The molecule has 0 saturated carbocycles. The topological polar surface area (TPSA) is 39.2 Å². The molecular formula is C9H5ClF5NO2. The third kappa shape index (κ3) is 2.87. The van der Waals surface area contributed by atoms with Crippen LogP contribution in [0.1, 0.15) is 28.0 Å². The highest BCUT2D eigenvalue weighted by molar-refractivity contribution is 6.30. The molecule has 0 saturated heterocycles. The fourth-order valence-corrected chi connectivity index (χ4v) is 1.36. The Morgan fingerprint density at radius 2 is 2.00 bits per heavy atom. The maximum Gasteiger partial charge on any atom is 0.434 e. The molecule has 100 valence electrons. The van der Waals surface area contributed by atoms with Gasteiger partial charge < -0.3 is 4.74 Å². The van der Waals surface area contributed by atoms with Crippen LogP contribution in [0.25, 0.3) is 0 Å². The first-order valence-electron chi connectivity index (χ1n) is 4.32. The lowest BCUT2D eigenvalue weighted by Crippen LogP contribution is -2.17. The van der Waals surface area contributed by atoms with Crippen molar-refractivity contribution < 1.29 is 31.5 Å². The van der Waals surface area contributed by atoms with E-state index < -0.39 is 40.5 Å². The molecule has 1 heterocycles. The number of carbonyl (C=O) groups excluding carboxylic acids is 1. The molecule has 0 N–H and O–H groups in total. The second kappa shape index (κ2) is 5.05. The fraction of sp³-hybridized carbons (Fsp3) is 0.333. The van der Waals surface area contributed by atoms with Gasteiger partial charge in [-0.05, 0) is 6.07 Å². The summed E-state index contributed by atoms with van der Waals surface area (Å²) < 4.78 is 66.6. The molecule has 1 aromatic rings. The summed E-state index contributed by atoms with van der Waals surface area (Å²) in [5.41, 5.74) is -3.74. The fourth-order valence-electron chi connectivity index (χ4n) is 1.14.